The van der Waals surface area contributed by atoms with E-state index in [1.807, 2.05) is 0 Å². The molecule has 0 saturated carbocycles. The molecule has 1 fully saturated rings. The fourth-order valence-corrected chi connectivity index (χ4v) is 3.36. The van der Waals surface area contributed by atoms with Gasteiger partial charge < -0.3 is 16.0 Å². The van der Waals surface area contributed by atoms with E-state index in [1.165, 1.54) is 0 Å². The molecule has 4 nitrogen and oxygen atoms in total. The lowest BCUT2D eigenvalue weighted by Crippen LogP contribution is -2.53. The van der Waals surface area contributed by atoms with Gasteiger partial charge in [0.1, 0.15) is 0 Å². The lowest BCUT2D eigenvalue weighted by atomic mass is 9.78. The molecule has 2 unspecified atom stereocenters. The molecule has 3 N–H and O–H groups in total. The Hall–Kier alpha value is -0.610. The number of carbonyl (C=O) groups is 1. The lowest BCUT2D eigenvalue weighted by molar-refractivity contribution is -0.132. The number of hydrogen-bond donors (Lipinski definition) is 2. The molecule has 20 heavy (non-hydrogen) atoms. The molecule has 1 amide bonds. The van der Waals surface area contributed by atoms with Crippen LogP contribution in [0.1, 0.15) is 59.3 Å². The summed E-state index contributed by atoms with van der Waals surface area (Å²) in [7, 11) is 2.15. The first kappa shape index (κ1) is 17.4. The standard InChI is InChI=1S/C16H33N3O/c1-5-8-16(12-17,9-6-2)15(20)18-14-7-10-19(4)13(3)11-14/h13-14H,5-12,17H2,1-4H3,(H,18,20). The van der Waals surface area contributed by atoms with Gasteiger partial charge in [0.15, 0.2) is 0 Å². The van der Waals surface area contributed by atoms with Crippen molar-refractivity contribution >= 4 is 5.91 Å². The van der Waals surface area contributed by atoms with Crippen LogP contribution in [0.4, 0.5) is 0 Å². The Labute approximate surface area is 124 Å². The van der Waals surface area contributed by atoms with Gasteiger partial charge in [0.2, 0.25) is 5.91 Å². The molecule has 1 rings (SSSR count). The summed E-state index contributed by atoms with van der Waals surface area (Å²) in [6.45, 7) is 8.01. The monoisotopic (exact) mass is 283 g/mol. The summed E-state index contributed by atoms with van der Waals surface area (Å²) in [5, 5.41) is 3.29. The molecular formula is C16H33N3O. The van der Waals surface area contributed by atoms with Crippen LogP contribution in [0.3, 0.4) is 0 Å². The Morgan fingerprint density at radius 3 is 2.40 bits per heavy atom. The molecule has 0 radical (unpaired) electrons. The average Bonchev–Trinajstić information content (AvgIpc) is 2.42. The smallest absolute Gasteiger partial charge is 0.227 e. The van der Waals surface area contributed by atoms with Crippen molar-refractivity contribution in [1.29, 1.82) is 0 Å². The minimum absolute atomic E-state index is 0.186. The van der Waals surface area contributed by atoms with Gasteiger partial charge in [0.25, 0.3) is 0 Å². The maximum atomic E-state index is 12.7. The third-order valence-corrected chi connectivity index (χ3v) is 4.87. The molecule has 2 atom stereocenters. The van der Waals surface area contributed by atoms with Gasteiger partial charge in [-0.1, -0.05) is 26.7 Å². The summed E-state index contributed by atoms with van der Waals surface area (Å²) in [5.41, 5.74) is 5.62. The number of nitrogens with two attached hydrogens (primary N) is 1. The normalized spacial score (nSPS) is 24.6. The molecule has 0 spiro atoms. The predicted molar refractivity (Wildman–Crippen MR) is 84.6 cm³/mol. The van der Waals surface area contributed by atoms with Crippen LogP contribution in [0.2, 0.25) is 0 Å². The summed E-state index contributed by atoms with van der Waals surface area (Å²) in [5.74, 6) is 0.186. The summed E-state index contributed by atoms with van der Waals surface area (Å²) >= 11 is 0. The number of carbonyl (C=O) groups excluding carboxylic acids is 1. The van der Waals surface area contributed by atoms with Gasteiger partial charge in [-0.05, 0) is 39.7 Å². The Morgan fingerprint density at radius 2 is 1.95 bits per heavy atom. The third kappa shape index (κ3) is 4.19. The number of nitrogens with zero attached hydrogens (tertiary/aromatic N) is 1. The van der Waals surface area contributed by atoms with Crippen LogP contribution in [0.5, 0.6) is 0 Å². The van der Waals surface area contributed by atoms with E-state index in [0.29, 0.717) is 18.6 Å². The summed E-state index contributed by atoms with van der Waals surface area (Å²) < 4.78 is 0. The van der Waals surface area contributed by atoms with Gasteiger partial charge in [0, 0.05) is 25.2 Å². The highest BCUT2D eigenvalue weighted by Gasteiger charge is 2.37. The molecular weight excluding hydrogens is 250 g/mol. The molecule has 118 valence electrons. The second-order valence-electron chi connectivity index (χ2n) is 6.51. The van der Waals surface area contributed by atoms with Crippen LogP contribution < -0.4 is 11.1 Å². The van der Waals surface area contributed by atoms with Crippen molar-refractivity contribution in [3.63, 3.8) is 0 Å². The van der Waals surface area contributed by atoms with Crippen molar-refractivity contribution in [3.05, 3.63) is 0 Å². The fourth-order valence-electron chi connectivity index (χ4n) is 3.36. The largest absolute Gasteiger partial charge is 0.353 e. The molecule has 0 aliphatic carbocycles. The maximum Gasteiger partial charge on any atom is 0.227 e. The van der Waals surface area contributed by atoms with E-state index in [9.17, 15) is 4.79 Å². The zero-order valence-corrected chi connectivity index (χ0v) is 13.7. The van der Waals surface area contributed by atoms with Gasteiger partial charge >= 0.3 is 0 Å². The minimum atomic E-state index is -0.351. The van der Waals surface area contributed by atoms with E-state index < -0.39 is 0 Å². The van der Waals surface area contributed by atoms with Gasteiger partial charge in [-0.3, -0.25) is 4.79 Å². The summed E-state index contributed by atoms with van der Waals surface area (Å²) in [6.07, 6.45) is 5.90. The second-order valence-corrected chi connectivity index (χ2v) is 6.51. The quantitative estimate of drug-likeness (QED) is 0.752. The van der Waals surface area contributed by atoms with Crippen LogP contribution in [-0.4, -0.2) is 43.0 Å². The summed E-state index contributed by atoms with van der Waals surface area (Å²) in [6, 6.07) is 0.854. The van der Waals surface area contributed by atoms with E-state index in [0.717, 1.165) is 45.1 Å². The lowest BCUT2D eigenvalue weighted by Gasteiger charge is -2.38. The molecule has 0 bridgehead atoms. The van der Waals surface area contributed by atoms with Gasteiger partial charge in [-0.25, -0.2) is 0 Å². The van der Waals surface area contributed by atoms with E-state index in [2.05, 4.69) is 38.0 Å². The number of rotatable bonds is 7. The van der Waals surface area contributed by atoms with Gasteiger partial charge in [0.05, 0.1) is 5.41 Å². The molecule has 1 aliphatic rings. The van der Waals surface area contributed by atoms with Crippen LogP contribution >= 0.6 is 0 Å². The zero-order chi connectivity index (χ0) is 15.2. The number of piperidine rings is 1. The highest BCUT2D eigenvalue weighted by molar-refractivity contribution is 5.83. The Morgan fingerprint density at radius 1 is 1.35 bits per heavy atom. The molecule has 0 aromatic rings. The van der Waals surface area contributed by atoms with E-state index in [1.54, 1.807) is 0 Å². The minimum Gasteiger partial charge on any atom is -0.353 e. The first-order valence-electron chi connectivity index (χ1n) is 8.20. The van der Waals surface area contributed by atoms with Crippen molar-refractivity contribution in [2.75, 3.05) is 20.1 Å². The molecule has 1 saturated heterocycles. The predicted octanol–water partition coefficient (Wildman–Crippen LogP) is 2.13. The van der Waals surface area contributed by atoms with E-state index >= 15 is 0 Å². The highest BCUT2D eigenvalue weighted by Crippen LogP contribution is 2.30. The third-order valence-electron chi connectivity index (χ3n) is 4.87. The van der Waals surface area contributed by atoms with Crippen molar-refractivity contribution in [2.24, 2.45) is 11.1 Å². The SMILES string of the molecule is CCCC(CN)(CCC)C(=O)NC1CCN(C)C(C)C1. The number of amides is 1. The Balaban J connectivity index is 2.66. The number of hydrogen-bond acceptors (Lipinski definition) is 3. The van der Waals surface area contributed by atoms with Crippen LogP contribution in [-0.2, 0) is 4.79 Å². The average molecular weight is 283 g/mol. The van der Waals surface area contributed by atoms with Gasteiger partial charge in [-0.15, -0.1) is 0 Å². The first-order chi connectivity index (χ1) is 9.49. The van der Waals surface area contributed by atoms with Crippen molar-refractivity contribution in [2.45, 2.75) is 71.4 Å². The maximum absolute atomic E-state index is 12.7. The summed E-state index contributed by atoms with van der Waals surface area (Å²) in [4.78, 5) is 15.1. The van der Waals surface area contributed by atoms with Crippen LogP contribution in [0.15, 0.2) is 0 Å². The topological polar surface area (TPSA) is 58.4 Å². The van der Waals surface area contributed by atoms with E-state index in [-0.39, 0.29) is 11.3 Å². The highest BCUT2D eigenvalue weighted by atomic mass is 16.2. The van der Waals surface area contributed by atoms with Crippen LogP contribution in [0, 0.1) is 5.41 Å². The second kappa shape index (κ2) is 7.99. The van der Waals surface area contributed by atoms with Crippen molar-refractivity contribution in [1.82, 2.24) is 10.2 Å². The molecule has 4 heteroatoms. The Kier molecular flexibility index (Phi) is 6.96. The molecule has 1 heterocycles. The molecule has 0 aromatic carbocycles. The Bertz CT molecular complexity index is 300. The first-order valence-corrected chi connectivity index (χ1v) is 8.20. The van der Waals surface area contributed by atoms with Crippen LogP contribution in [0.25, 0.3) is 0 Å². The van der Waals surface area contributed by atoms with E-state index in [4.69, 9.17) is 5.73 Å². The molecule has 1 aliphatic heterocycles. The number of likely N-dealkylation sites (tertiary alicyclic amines) is 1. The zero-order valence-electron chi connectivity index (χ0n) is 13.7. The van der Waals surface area contributed by atoms with Crippen molar-refractivity contribution in [3.8, 4) is 0 Å². The van der Waals surface area contributed by atoms with Gasteiger partial charge in [-0.2, -0.15) is 0 Å². The molecule has 0 aromatic heterocycles. The number of nitrogens with one attached hydrogen (secondary N) is 1. The fraction of sp³-hybridized carbons (Fsp3) is 0.938. The van der Waals surface area contributed by atoms with Crippen molar-refractivity contribution < 1.29 is 4.79 Å².